The Morgan fingerprint density at radius 2 is 1.62 bits per heavy atom. The summed E-state index contributed by atoms with van der Waals surface area (Å²) in [4.78, 5) is 24.6. The molecule has 1 heterocycles. The largest absolute Gasteiger partial charge is 0.497 e. The Morgan fingerprint density at radius 3 is 2.14 bits per heavy atom. The predicted octanol–water partition coefficient (Wildman–Crippen LogP) is 1.46. The van der Waals surface area contributed by atoms with Crippen molar-refractivity contribution in [2.24, 2.45) is 0 Å². The lowest BCUT2D eigenvalue weighted by molar-refractivity contribution is -0.111. The molecule has 0 atom stereocenters. The van der Waals surface area contributed by atoms with Crippen molar-refractivity contribution in [2.45, 2.75) is 5.54 Å². The highest BCUT2D eigenvalue weighted by atomic mass is 16.5. The van der Waals surface area contributed by atoms with Gasteiger partial charge in [-0.2, -0.15) is 0 Å². The Labute approximate surface area is 120 Å². The standard InChI is InChI=1S/C15H13NO5/c1-20-12-7-9(17)8-13(21-2)15(12)14(18)10-5-3-4-6-11(10)16(15)19/h3-8,19H,1-2H3. The quantitative estimate of drug-likeness (QED) is 0.887. The van der Waals surface area contributed by atoms with Gasteiger partial charge in [0.1, 0.15) is 11.5 Å². The number of allylic oxidation sites excluding steroid dienone is 2. The van der Waals surface area contributed by atoms with E-state index in [2.05, 4.69) is 0 Å². The number of nitrogens with zero attached hydrogens (tertiary/aromatic N) is 1. The molecule has 0 unspecified atom stereocenters. The van der Waals surface area contributed by atoms with Crippen molar-refractivity contribution >= 4 is 17.3 Å². The lowest BCUT2D eigenvalue weighted by atomic mass is 9.84. The maximum absolute atomic E-state index is 12.9. The van der Waals surface area contributed by atoms with E-state index in [0.29, 0.717) is 11.3 Å². The first-order valence-corrected chi connectivity index (χ1v) is 6.26. The highest BCUT2D eigenvalue weighted by molar-refractivity contribution is 6.19. The number of carbonyl (C=O) groups is 2. The fourth-order valence-electron chi connectivity index (χ4n) is 2.80. The molecule has 1 aromatic rings. The summed E-state index contributed by atoms with van der Waals surface area (Å²) in [7, 11) is 2.67. The lowest BCUT2D eigenvalue weighted by Gasteiger charge is -2.37. The number of rotatable bonds is 2. The molecule has 6 nitrogen and oxygen atoms in total. The van der Waals surface area contributed by atoms with Crippen LogP contribution in [0.3, 0.4) is 0 Å². The Kier molecular flexibility index (Phi) is 2.84. The highest BCUT2D eigenvalue weighted by Gasteiger charge is 2.60. The summed E-state index contributed by atoms with van der Waals surface area (Å²) in [6, 6.07) is 6.62. The van der Waals surface area contributed by atoms with Crippen molar-refractivity contribution in [3.05, 3.63) is 53.5 Å². The molecule has 108 valence electrons. The minimum Gasteiger partial charge on any atom is -0.497 e. The molecule has 0 fully saturated rings. The molecule has 1 aromatic carbocycles. The molecule has 1 aliphatic carbocycles. The van der Waals surface area contributed by atoms with Gasteiger partial charge in [0, 0.05) is 17.7 Å². The molecular formula is C15H13NO5. The van der Waals surface area contributed by atoms with Gasteiger partial charge in [0.15, 0.2) is 5.78 Å². The zero-order valence-corrected chi connectivity index (χ0v) is 11.5. The number of Topliss-reactive ketones (excluding diaryl/α,β-unsaturated/α-hetero) is 1. The molecule has 1 spiro atoms. The normalized spacial score (nSPS) is 19.3. The smallest absolute Gasteiger partial charge is 0.242 e. The van der Waals surface area contributed by atoms with E-state index < -0.39 is 11.3 Å². The van der Waals surface area contributed by atoms with E-state index in [1.165, 1.54) is 26.4 Å². The zero-order valence-electron chi connectivity index (χ0n) is 11.5. The number of methoxy groups -OCH3 is 2. The molecule has 0 radical (unpaired) electrons. The Balaban J connectivity index is 2.29. The molecule has 0 saturated carbocycles. The van der Waals surface area contributed by atoms with Gasteiger partial charge in [-0.05, 0) is 12.1 Å². The number of para-hydroxylation sites is 1. The van der Waals surface area contributed by atoms with Gasteiger partial charge >= 0.3 is 0 Å². The first-order chi connectivity index (χ1) is 10.1. The SMILES string of the molecule is COC1=CC(=O)C=C(OC)C12C(=O)c1ccccc1N2O. The Bertz CT molecular complexity index is 680. The summed E-state index contributed by atoms with van der Waals surface area (Å²) >= 11 is 0. The summed E-state index contributed by atoms with van der Waals surface area (Å²) in [5.74, 6) is -0.730. The summed E-state index contributed by atoms with van der Waals surface area (Å²) in [5, 5.41) is 11.4. The zero-order chi connectivity index (χ0) is 15.2. The van der Waals surface area contributed by atoms with Gasteiger partial charge in [-0.1, -0.05) is 12.1 Å². The van der Waals surface area contributed by atoms with Crippen LogP contribution in [0.4, 0.5) is 5.69 Å². The fraction of sp³-hybridized carbons (Fsp3) is 0.200. The van der Waals surface area contributed by atoms with Gasteiger partial charge < -0.3 is 9.47 Å². The van der Waals surface area contributed by atoms with Gasteiger partial charge in [0.25, 0.3) is 0 Å². The maximum atomic E-state index is 12.9. The molecule has 0 saturated heterocycles. The van der Waals surface area contributed by atoms with Crippen molar-refractivity contribution < 1.29 is 24.3 Å². The number of benzene rings is 1. The summed E-state index contributed by atoms with van der Waals surface area (Å²) in [5.41, 5.74) is -1.01. The van der Waals surface area contributed by atoms with E-state index in [-0.39, 0.29) is 17.3 Å². The Morgan fingerprint density at radius 1 is 1.05 bits per heavy atom. The number of hydrogen-bond acceptors (Lipinski definition) is 6. The van der Waals surface area contributed by atoms with E-state index in [4.69, 9.17) is 9.47 Å². The van der Waals surface area contributed by atoms with Gasteiger partial charge in [0.2, 0.25) is 11.3 Å². The number of anilines is 1. The molecule has 0 aromatic heterocycles. The molecular weight excluding hydrogens is 274 g/mol. The summed E-state index contributed by atoms with van der Waals surface area (Å²) in [6.45, 7) is 0. The van der Waals surface area contributed by atoms with Crippen LogP contribution < -0.4 is 5.06 Å². The number of carbonyl (C=O) groups excluding carboxylic acids is 2. The van der Waals surface area contributed by atoms with E-state index in [1.54, 1.807) is 24.3 Å². The van der Waals surface area contributed by atoms with Crippen molar-refractivity contribution in [3.8, 4) is 0 Å². The fourth-order valence-corrected chi connectivity index (χ4v) is 2.80. The maximum Gasteiger partial charge on any atom is 0.242 e. The third-order valence-corrected chi connectivity index (χ3v) is 3.72. The summed E-state index contributed by atoms with van der Waals surface area (Å²) < 4.78 is 10.4. The van der Waals surface area contributed by atoms with E-state index in [1.807, 2.05) is 0 Å². The van der Waals surface area contributed by atoms with Crippen LogP contribution in [-0.4, -0.2) is 36.5 Å². The van der Waals surface area contributed by atoms with Gasteiger partial charge in [-0.15, -0.1) is 0 Å². The van der Waals surface area contributed by atoms with Crippen LogP contribution in [0.2, 0.25) is 0 Å². The average Bonchev–Trinajstić information content (AvgIpc) is 2.73. The van der Waals surface area contributed by atoms with Crippen LogP contribution in [0.1, 0.15) is 10.4 Å². The Hall–Kier alpha value is -2.60. The molecule has 0 bridgehead atoms. The van der Waals surface area contributed by atoms with Gasteiger partial charge in [-0.3, -0.25) is 14.8 Å². The van der Waals surface area contributed by atoms with Gasteiger partial charge in [-0.25, -0.2) is 5.06 Å². The van der Waals surface area contributed by atoms with Crippen LogP contribution >= 0.6 is 0 Å². The van der Waals surface area contributed by atoms with Crippen LogP contribution in [0.5, 0.6) is 0 Å². The van der Waals surface area contributed by atoms with Crippen molar-refractivity contribution in [1.29, 1.82) is 0 Å². The van der Waals surface area contributed by atoms with E-state index in [0.717, 1.165) is 5.06 Å². The van der Waals surface area contributed by atoms with E-state index >= 15 is 0 Å². The average molecular weight is 287 g/mol. The molecule has 6 heteroatoms. The molecule has 0 amide bonds. The second-order valence-corrected chi connectivity index (χ2v) is 4.70. The van der Waals surface area contributed by atoms with Crippen LogP contribution in [0.15, 0.2) is 47.9 Å². The minimum atomic E-state index is -1.68. The predicted molar refractivity (Wildman–Crippen MR) is 73.0 cm³/mol. The number of hydrogen-bond donors (Lipinski definition) is 1. The second kappa shape index (κ2) is 4.46. The number of ketones is 2. The van der Waals surface area contributed by atoms with Crippen LogP contribution in [-0.2, 0) is 14.3 Å². The number of hydroxylamine groups is 1. The van der Waals surface area contributed by atoms with Crippen molar-refractivity contribution in [2.75, 3.05) is 19.3 Å². The third-order valence-electron chi connectivity index (χ3n) is 3.72. The first-order valence-electron chi connectivity index (χ1n) is 6.26. The number of ether oxygens (including phenoxy) is 2. The van der Waals surface area contributed by atoms with E-state index in [9.17, 15) is 14.8 Å². The monoisotopic (exact) mass is 287 g/mol. The molecule has 1 N–H and O–H groups in total. The van der Waals surface area contributed by atoms with Crippen molar-refractivity contribution in [1.82, 2.24) is 0 Å². The highest BCUT2D eigenvalue weighted by Crippen LogP contribution is 2.47. The van der Waals surface area contributed by atoms with Crippen LogP contribution in [0, 0.1) is 0 Å². The minimum absolute atomic E-state index is 0.0237. The second-order valence-electron chi connectivity index (χ2n) is 4.70. The molecule has 1 aliphatic heterocycles. The third kappa shape index (κ3) is 1.50. The molecule has 3 rings (SSSR count). The first kappa shape index (κ1) is 13.4. The molecule has 2 aliphatic rings. The number of fused-ring (bicyclic) bond motifs is 1. The van der Waals surface area contributed by atoms with Gasteiger partial charge in [0.05, 0.1) is 19.9 Å². The van der Waals surface area contributed by atoms with Crippen LogP contribution in [0.25, 0.3) is 0 Å². The van der Waals surface area contributed by atoms with Crippen molar-refractivity contribution in [3.63, 3.8) is 0 Å². The lowest BCUT2D eigenvalue weighted by Crippen LogP contribution is -2.54. The topological polar surface area (TPSA) is 76.1 Å². The summed E-state index contributed by atoms with van der Waals surface area (Å²) in [6.07, 6.45) is 2.35. The molecule has 21 heavy (non-hydrogen) atoms.